The van der Waals surface area contributed by atoms with Crippen LogP contribution < -0.4 is 0 Å². The summed E-state index contributed by atoms with van der Waals surface area (Å²) in [6.07, 6.45) is 3.65. The quantitative estimate of drug-likeness (QED) is 0.177. The van der Waals surface area contributed by atoms with Gasteiger partial charge in [-0.15, -0.1) is 0 Å². The van der Waals surface area contributed by atoms with Crippen LogP contribution >= 0.6 is 0 Å². The first-order chi connectivity index (χ1) is 25.5. The first-order valence-corrected chi connectivity index (χ1v) is 17.8. The molecule has 4 aromatic heterocycles. The Morgan fingerprint density at radius 2 is 1.00 bits per heavy atom. The molecule has 0 spiro atoms. The number of rotatable bonds is 3. The fourth-order valence-corrected chi connectivity index (χ4v) is 8.75. The largest absolute Gasteiger partial charge is 0.309 e. The molecule has 0 saturated heterocycles. The predicted molar refractivity (Wildman–Crippen MR) is 215 cm³/mol. The molecule has 10 aromatic rings. The Morgan fingerprint density at radius 3 is 1.63 bits per heavy atom. The van der Waals surface area contributed by atoms with Gasteiger partial charge in [-0.25, -0.2) is 4.98 Å². The van der Waals surface area contributed by atoms with Gasteiger partial charge in [-0.05, 0) is 127 Å². The van der Waals surface area contributed by atoms with Gasteiger partial charge in [0.05, 0.1) is 39.5 Å². The fourth-order valence-electron chi connectivity index (χ4n) is 8.75. The number of benzene rings is 6. The second-order valence-corrected chi connectivity index (χ2v) is 14.5. The lowest BCUT2D eigenvalue weighted by Gasteiger charge is -2.23. The van der Waals surface area contributed by atoms with Crippen molar-refractivity contribution in [3.63, 3.8) is 0 Å². The Kier molecular flexibility index (Phi) is 5.98. The van der Waals surface area contributed by atoms with Gasteiger partial charge >= 0.3 is 0 Å². The summed E-state index contributed by atoms with van der Waals surface area (Å²) in [6.45, 7) is 4.79. The minimum Gasteiger partial charge on any atom is -0.309 e. The van der Waals surface area contributed by atoms with E-state index in [1.807, 2.05) is 48.8 Å². The van der Waals surface area contributed by atoms with Gasteiger partial charge in [0.1, 0.15) is 0 Å². The van der Waals surface area contributed by atoms with Gasteiger partial charge in [-0.2, -0.15) is 0 Å². The van der Waals surface area contributed by atoms with Crippen LogP contribution in [0.15, 0.2) is 158 Å². The molecule has 0 unspecified atom stereocenters. The maximum Gasteiger partial charge on any atom is 0.0915 e. The molecule has 0 bridgehead atoms. The standard InChI is InChI=1S/C48H32N4/c1-48(2)40-27-39-38-23-31-13-5-6-14-32(31)24-45(38)52(34-25-43(41-15-7-9-19-49-41)51-44(26-34)42-16-8-10-20-50-42)46(39)28-37(40)35-18-17-33-21-29-11-3-4-12-30(29)22-36(33)47(35)48/h3-28H,1-2H3. The number of fused-ring (bicyclic) bond motifs is 10. The molecule has 4 heteroatoms. The maximum atomic E-state index is 5.11. The fraction of sp³-hybridized carbons (Fsp3) is 0.0625. The summed E-state index contributed by atoms with van der Waals surface area (Å²) in [6, 6.07) is 52.7. The van der Waals surface area contributed by atoms with Crippen molar-refractivity contribution in [3.05, 3.63) is 169 Å². The third-order valence-electron chi connectivity index (χ3n) is 11.2. The molecule has 0 radical (unpaired) electrons. The average molecular weight is 665 g/mol. The second-order valence-electron chi connectivity index (χ2n) is 14.5. The molecule has 0 amide bonds. The van der Waals surface area contributed by atoms with Gasteiger partial charge in [0, 0.05) is 28.6 Å². The van der Waals surface area contributed by atoms with Crippen molar-refractivity contribution in [3.8, 4) is 39.6 Å². The first kappa shape index (κ1) is 29.1. The minimum atomic E-state index is -0.193. The molecule has 0 fully saturated rings. The summed E-state index contributed by atoms with van der Waals surface area (Å²) in [4.78, 5) is 14.5. The van der Waals surface area contributed by atoms with Gasteiger partial charge in [-0.1, -0.05) is 86.6 Å². The van der Waals surface area contributed by atoms with Crippen molar-refractivity contribution < 1.29 is 0 Å². The van der Waals surface area contributed by atoms with Crippen LogP contribution in [0, 0.1) is 0 Å². The number of aromatic nitrogens is 4. The van der Waals surface area contributed by atoms with Crippen LogP contribution in [0.1, 0.15) is 25.0 Å². The lowest BCUT2D eigenvalue weighted by atomic mass is 9.79. The summed E-state index contributed by atoms with van der Waals surface area (Å²) in [5.41, 5.74) is 11.8. The van der Waals surface area contributed by atoms with E-state index >= 15 is 0 Å². The zero-order valence-electron chi connectivity index (χ0n) is 28.8. The number of nitrogens with zero attached hydrogens (tertiary/aromatic N) is 4. The molecule has 244 valence electrons. The molecule has 1 aliphatic carbocycles. The lowest BCUT2D eigenvalue weighted by molar-refractivity contribution is 0.667. The van der Waals surface area contributed by atoms with Crippen LogP contribution in [-0.4, -0.2) is 19.5 Å². The summed E-state index contributed by atoms with van der Waals surface area (Å²) in [7, 11) is 0. The smallest absolute Gasteiger partial charge is 0.0915 e. The molecule has 0 N–H and O–H groups in total. The topological polar surface area (TPSA) is 43.6 Å². The van der Waals surface area contributed by atoms with Crippen molar-refractivity contribution in [2.75, 3.05) is 0 Å². The van der Waals surface area contributed by atoms with Crippen molar-refractivity contribution in [2.24, 2.45) is 0 Å². The first-order valence-electron chi connectivity index (χ1n) is 17.8. The summed E-state index contributed by atoms with van der Waals surface area (Å²) in [5, 5.41) is 10.1. The van der Waals surface area contributed by atoms with E-state index in [-0.39, 0.29) is 5.41 Å². The van der Waals surface area contributed by atoms with Gasteiger partial charge in [-0.3, -0.25) is 9.97 Å². The van der Waals surface area contributed by atoms with E-state index in [9.17, 15) is 0 Å². The Morgan fingerprint density at radius 1 is 0.442 bits per heavy atom. The molecular weight excluding hydrogens is 633 g/mol. The molecule has 0 atom stereocenters. The highest BCUT2D eigenvalue weighted by atomic mass is 15.0. The third kappa shape index (κ3) is 4.18. The van der Waals surface area contributed by atoms with E-state index in [0.29, 0.717) is 0 Å². The highest BCUT2D eigenvalue weighted by molar-refractivity contribution is 6.16. The number of hydrogen-bond donors (Lipinski definition) is 0. The van der Waals surface area contributed by atoms with Gasteiger partial charge in [0.2, 0.25) is 0 Å². The van der Waals surface area contributed by atoms with E-state index in [2.05, 4.69) is 128 Å². The van der Waals surface area contributed by atoms with Crippen molar-refractivity contribution >= 4 is 54.1 Å². The molecule has 0 saturated carbocycles. The van der Waals surface area contributed by atoms with Crippen molar-refractivity contribution in [1.29, 1.82) is 0 Å². The molecule has 4 nitrogen and oxygen atoms in total. The van der Waals surface area contributed by atoms with E-state index in [1.54, 1.807) is 0 Å². The monoisotopic (exact) mass is 664 g/mol. The van der Waals surface area contributed by atoms with E-state index < -0.39 is 0 Å². The van der Waals surface area contributed by atoms with Gasteiger partial charge in [0.15, 0.2) is 0 Å². The summed E-state index contributed by atoms with van der Waals surface area (Å²) in [5.74, 6) is 0. The molecule has 11 rings (SSSR count). The predicted octanol–water partition coefficient (Wildman–Crippen LogP) is 12.1. The molecule has 0 aliphatic heterocycles. The SMILES string of the molecule is CC1(C)c2cc3c4cc5ccccc5cc4n(-c4cc(-c5ccccn5)nc(-c5ccccn5)c4)c3cc2-c2ccc3cc4ccccc4cc3c21. The third-order valence-corrected chi connectivity index (χ3v) is 11.2. The van der Waals surface area contributed by atoms with Crippen molar-refractivity contribution in [1.82, 2.24) is 19.5 Å². The molecular formula is C48H32N4. The average Bonchev–Trinajstić information content (AvgIpc) is 3.62. The molecule has 4 heterocycles. The van der Waals surface area contributed by atoms with E-state index in [0.717, 1.165) is 39.5 Å². The van der Waals surface area contributed by atoms with Crippen LogP contribution in [0.5, 0.6) is 0 Å². The second kappa shape index (κ2) is 10.7. The van der Waals surface area contributed by atoms with Crippen LogP contribution in [0.2, 0.25) is 0 Å². The Balaban J connectivity index is 1.25. The van der Waals surface area contributed by atoms with Gasteiger partial charge in [0.25, 0.3) is 0 Å². The summed E-state index contributed by atoms with van der Waals surface area (Å²) < 4.78 is 2.43. The van der Waals surface area contributed by atoms with Crippen molar-refractivity contribution in [2.45, 2.75) is 19.3 Å². The Bertz CT molecular complexity index is 3030. The maximum absolute atomic E-state index is 5.11. The molecule has 1 aliphatic rings. The summed E-state index contributed by atoms with van der Waals surface area (Å²) >= 11 is 0. The zero-order chi connectivity index (χ0) is 34.6. The Labute approximate surface area is 300 Å². The molecule has 52 heavy (non-hydrogen) atoms. The molecule has 6 aromatic carbocycles. The minimum absolute atomic E-state index is 0.193. The van der Waals surface area contributed by atoms with E-state index in [4.69, 9.17) is 15.0 Å². The lowest BCUT2D eigenvalue weighted by Crippen LogP contribution is -2.15. The highest BCUT2D eigenvalue weighted by Gasteiger charge is 2.38. The van der Waals surface area contributed by atoms with Crippen LogP contribution in [0.3, 0.4) is 0 Å². The number of hydrogen-bond acceptors (Lipinski definition) is 3. The Hall–Kier alpha value is -6.65. The van der Waals surface area contributed by atoms with Gasteiger partial charge < -0.3 is 4.57 Å². The van der Waals surface area contributed by atoms with Crippen LogP contribution in [0.25, 0.3) is 93.7 Å². The normalized spacial score (nSPS) is 13.3. The highest BCUT2D eigenvalue weighted by Crippen LogP contribution is 2.54. The van der Waals surface area contributed by atoms with Crippen LogP contribution in [-0.2, 0) is 5.41 Å². The zero-order valence-corrected chi connectivity index (χ0v) is 28.8. The van der Waals surface area contributed by atoms with Crippen LogP contribution in [0.4, 0.5) is 0 Å². The number of pyridine rings is 3. The van der Waals surface area contributed by atoms with E-state index in [1.165, 1.54) is 65.3 Å².